The first-order valence-corrected chi connectivity index (χ1v) is 7.70. The van der Waals surface area contributed by atoms with Crippen LogP contribution in [0.1, 0.15) is 36.8 Å². The van der Waals surface area contributed by atoms with Crippen LogP contribution in [0, 0.1) is 17.2 Å². The summed E-state index contributed by atoms with van der Waals surface area (Å²) >= 11 is 0. The summed E-state index contributed by atoms with van der Waals surface area (Å²) in [6.07, 6.45) is -0.891. The zero-order valence-corrected chi connectivity index (χ0v) is 13.4. The number of benzene rings is 1. The first-order chi connectivity index (χ1) is 11.4. The second-order valence-electron chi connectivity index (χ2n) is 6.22. The molecule has 1 aromatic carbocycles. The molecule has 2 heterocycles. The lowest BCUT2D eigenvalue weighted by Crippen LogP contribution is -2.62. The number of hydrogen-bond acceptors (Lipinski definition) is 5. The number of allylic oxidation sites excluding steroid dienone is 1. The largest absolute Gasteiger partial charge is 0.454 e. The minimum absolute atomic E-state index is 0.0633. The molecule has 3 rings (SSSR count). The Hall–Kier alpha value is -3.01. The molecule has 0 aromatic heterocycles. The fraction of sp³-hybridized carbons (Fsp3) is 0.353. The van der Waals surface area contributed by atoms with Crippen molar-refractivity contribution in [3.05, 3.63) is 46.8 Å². The predicted octanol–water partition coefficient (Wildman–Crippen LogP) is 1.40. The standard InChI is InChI=1S/C17H18N4O3/c1-8(2)9-3-5-10(6-4-9)12-11(7-18)14(19)24-16-13(12)15(22)20-17(23)21-16/h3-6,8,12-13,16H,19H2,1-2H3,(H2,20,21,22,23). The number of urea groups is 1. The van der Waals surface area contributed by atoms with Crippen molar-refractivity contribution in [2.75, 3.05) is 0 Å². The maximum atomic E-state index is 12.3. The van der Waals surface area contributed by atoms with E-state index in [9.17, 15) is 14.9 Å². The Morgan fingerprint density at radius 1 is 1.25 bits per heavy atom. The number of ether oxygens (including phenoxy) is 1. The zero-order valence-electron chi connectivity index (χ0n) is 13.4. The van der Waals surface area contributed by atoms with Gasteiger partial charge in [0.25, 0.3) is 0 Å². The zero-order chi connectivity index (χ0) is 17.4. The van der Waals surface area contributed by atoms with Gasteiger partial charge in [0.2, 0.25) is 11.8 Å². The van der Waals surface area contributed by atoms with Gasteiger partial charge in [0.1, 0.15) is 12.0 Å². The third-order valence-corrected chi connectivity index (χ3v) is 4.41. The molecule has 2 aliphatic rings. The van der Waals surface area contributed by atoms with E-state index in [2.05, 4.69) is 24.5 Å². The third kappa shape index (κ3) is 2.56. The van der Waals surface area contributed by atoms with Crippen LogP contribution in [-0.2, 0) is 9.53 Å². The Balaban J connectivity index is 2.07. The summed E-state index contributed by atoms with van der Waals surface area (Å²) in [6, 6.07) is 9.11. The number of rotatable bonds is 2. The Labute approximate surface area is 139 Å². The van der Waals surface area contributed by atoms with E-state index < -0.39 is 30.0 Å². The number of nitriles is 1. The summed E-state index contributed by atoms with van der Waals surface area (Å²) in [5.41, 5.74) is 7.97. The third-order valence-electron chi connectivity index (χ3n) is 4.41. The highest BCUT2D eigenvalue weighted by molar-refractivity contribution is 5.99. The summed E-state index contributed by atoms with van der Waals surface area (Å²) < 4.78 is 5.39. The molecule has 7 heteroatoms. The molecule has 3 unspecified atom stereocenters. The number of imide groups is 1. The van der Waals surface area contributed by atoms with Crippen molar-refractivity contribution in [3.63, 3.8) is 0 Å². The summed E-state index contributed by atoms with van der Waals surface area (Å²) in [7, 11) is 0. The lowest BCUT2D eigenvalue weighted by molar-refractivity contribution is -0.132. The molecule has 7 nitrogen and oxygen atoms in total. The molecular weight excluding hydrogens is 308 g/mol. The van der Waals surface area contributed by atoms with Crippen LogP contribution in [0.15, 0.2) is 35.7 Å². The van der Waals surface area contributed by atoms with Crippen molar-refractivity contribution < 1.29 is 14.3 Å². The van der Waals surface area contributed by atoms with Gasteiger partial charge in [-0.2, -0.15) is 5.26 Å². The number of hydrogen-bond donors (Lipinski definition) is 3. The van der Waals surface area contributed by atoms with E-state index in [0.717, 1.165) is 11.1 Å². The van der Waals surface area contributed by atoms with Crippen molar-refractivity contribution in [3.8, 4) is 6.07 Å². The number of nitrogens with two attached hydrogens (primary N) is 1. The van der Waals surface area contributed by atoms with Crippen LogP contribution >= 0.6 is 0 Å². The van der Waals surface area contributed by atoms with E-state index in [4.69, 9.17) is 10.5 Å². The smallest absolute Gasteiger partial charge is 0.324 e. The second kappa shape index (κ2) is 5.89. The van der Waals surface area contributed by atoms with Crippen LogP contribution in [0.4, 0.5) is 4.79 Å². The maximum absolute atomic E-state index is 12.3. The van der Waals surface area contributed by atoms with Crippen LogP contribution in [-0.4, -0.2) is 18.2 Å². The summed E-state index contributed by atoms with van der Waals surface area (Å²) in [6.45, 7) is 4.17. The molecule has 3 atom stereocenters. The Bertz CT molecular complexity index is 761. The molecule has 0 aliphatic carbocycles. The van der Waals surface area contributed by atoms with E-state index >= 15 is 0 Å². The molecule has 0 bridgehead atoms. The topological polar surface area (TPSA) is 117 Å². The predicted molar refractivity (Wildman–Crippen MR) is 85.1 cm³/mol. The Morgan fingerprint density at radius 2 is 1.92 bits per heavy atom. The van der Waals surface area contributed by atoms with Gasteiger partial charge in [-0.05, 0) is 17.0 Å². The normalized spacial score (nSPS) is 26.2. The van der Waals surface area contributed by atoms with Gasteiger partial charge < -0.3 is 15.8 Å². The molecule has 4 N–H and O–H groups in total. The Morgan fingerprint density at radius 3 is 2.50 bits per heavy atom. The Kier molecular flexibility index (Phi) is 3.89. The minimum atomic E-state index is -0.891. The summed E-state index contributed by atoms with van der Waals surface area (Å²) in [5, 5.41) is 14.2. The molecule has 0 saturated carbocycles. The average Bonchev–Trinajstić information content (AvgIpc) is 2.53. The van der Waals surface area contributed by atoms with Gasteiger partial charge in [-0.3, -0.25) is 10.1 Å². The number of nitrogens with one attached hydrogen (secondary N) is 2. The van der Waals surface area contributed by atoms with E-state index in [-0.39, 0.29) is 11.5 Å². The van der Waals surface area contributed by atoms with E-state index in [1.54, 1.807) is 0 Å². The highest BCUT2D eigenvalue weighted by Crippen LogP contribution is 2.40. The van der Waals surface area contributed by atoms with Crippen molar-refractivity contribution in [1.29, 1.82) is 5.26 Å². The molecule has 0 radical (unpaired) electrons. The van der Waals surface area contributed by atoms with Gasteiger partial charge in [0, 0.05) is 5.92 Å². The summed E-state index contributed by atoms with van der Waals surface area (Å²) in [5.74, 6) is -1.51. The van der Waals surface area contributed by atoms with Gasteiger partial charge in [-0.1, -0.05) is 38.1 Å². The highest BCUT2D eigenvalue weighted by Gasteiger charge is 2.48. The van der Waals surface area contributed by atoms with Crippen LogP contribution in [0.2, 0.25) is 0 Å². The van der Waals surface area contributed by atoms with E-state index in [1.165, 1.54) is 0 Å². The van der Waals surface area contributed by atoms with Crippen LogP contribution < -0.4 is 16.4 Å². The van der Waals surface area contributed by atoms with Crippen molar-refractivity contribution in [2.45, 2.75) is 31.9 Å². The molecule has 24 heavy (non-hydrogen) atoms. The number of nitrogens with zero attached hydrogens (tertiary/aromatic N) is 1. The van der Waals surface area contributed by atoms with Crippen molar-refractivity contribution >= 4 is 11.9 Å². The van der Waals surface area contributed by atoms with Crippen LogP contribution in [0.3, 0.4) is 0 Å². The molecule has 124 valence electrons. The fourth-order valence-electron chi connectivity index (χ4n) is 3.14. The number of amides is 3. The first kappa shape index (κ1) is 15.9. The molecule has 2 aliphatic heterocycles. The van der Waals surface area contributed by atoms with Gasteiger partial charge in [0.05, 0.1) is 5.57 Å². The highest BCUT2D eigenvalue weighted by atomic mass is 16.5. The lowest BCUT2D eigenvalue weighted by Gasteiger charge is -2.39. The van der Waals surface area contributed by atoms with Crippen molar-refractivity contribution in [2.24, 2.45) is 11.7 Å². The molecule has 1 aromatic rings. The van der Waals surface area contributed by atoms with Gasteiger partial charge in [-0.25, -0.2) is 4.79 Å². The maximum Gasteiger partial charge on any atom is 0.324 e. The quantitative estimate of drug-likeness (QED) is 0.759. The van der Waals surface area contributed by atoms with Crippen LogP contribution in [0.5, 0.6) is 0 Å². The van der Waals surface area contributed by atoms with Crippen molar-refractivity contribution in [1.82, 2.24) is 10.6 Å². The molecule has 3 amide bonds. The van der Waals surface area contributed by atoms with E-state index in [1.807, 2.05) is 30.3 Å². The fourth-order valence-corrected chi connectivity index (χ4v) is 3.14. The molecular formula is C17H18N4O3. The molecule has 0 spiro atoms. The van der Waals surface area contributed by atoms with Gasteiger partial charge >= 0.3 is 6.03 Å². The molecule has 1 fully saturated rings. The first-order valence-electron chi connectivity index (χ1n) is 7.70. The summed E-state index contributed by atoms with van der Waals surface area (Å²) in [4.78, 5) is 23.8. The minimum Gasteiger partial charge on any atom is -0.454 e. The number of carbonyl (C=O) groups excluding carboxylic acids is 2. The molecule has 1 saturated heterocycles. The monoisotopic (exact) mass is 326 g/mol. The number of fused-ring (bicyclic) bond motifs is 1. The van der Waals surface area contributed by atoms with E-state index in [0.29, 0.717) is 5.92 Å². The van der Waals surface area contributed by atoms with Gasteiger partial charge in [0.15, 0.2) is 6.23 Å². The second-order valence-corrected chi connectivity index (χ2v) is 6.22. The van der Waals surface area contributed by atoms with Gasteiger partial charge in [-0.15, -0.1) is 0 Å². The SMILES string of the molecule is CC(C)c1ccc(C2C(C#N)=C(N)OC3NC(=O)NC(=O)C32)cc1. The number of carbonyl (C=O) groups is 2. The van der Waals surface area contributed by atoms with Crippen LogP contribution in [0.25, 0.3) is 0 Å². The lowest BCUT2D eigenvalue weighted by atomic mass is 9.77. The average molecular weight is 326 g/mol.